The second-order valence-electron chi connectivity index (χ2n) is 4.25. The van der Waals surface area contributed by atoms with Gasteiger partial charge in [0, 0.05) is 25.2 Å². The molecule has 0 aliphatic carbocycles. The van der Waals surface area contributed by atoms with Gasteiger partial charge in [0.1, 0.15) is 11.6 Å². The molecule has 0 saturated heterocycles. The lowest BCUT2D eigenvalue weighted by molar-refractivity contribution is -0.116. The Bertz CT molecular complexity index is 608. The van der Waals surface area contributed by atoms with E-state index in [1.807, 2.05) is 0 Å². The Kier molecular flexibility index (Phi) is 3.60. The SMILES string of the molecule is CC(=O)N(C)c1ccc(-c2cc(F)ccc2F)cc1. The molecule has 19 heavy (non-hydrogen) atoms. The Balaban J connectivity index is 2.37. The van der Waals surface area contributed by atoms with Crippen LogP contribution in [0, 0.1) is 11.6 Å². The van der Waals surface area contributed by atoms with Crippen LogP contribution >= 0.6 is 0 Å². The largest absolute Gasteiger partial charge is 0.316 e. The number of rotatable bonds is 2. The smallest absolute Gasteiger partial charge is 0.223 e. The molecule has 0 N–H and O–H groups in total. The molecule has 0 heterocycles. The Hall–Kier alpha value is -2.23. The number of nitrogens with zero attached hydrogens (tertiary/aromatic N) is 1. The highest BCUT2D eigenvalue weighted by Crippen LogP contribution is 2.26. The average Bonchev–Trinajstić information content (AvgIpc) is 2.41. The number of hydrogen-bond donors (Lipinski definition) is 0. The molecule has 0 spiro atoms. The van der Waals surface area contributed by atoms with Gasteiger partial charge in [-0.3, -0.25) is 4.79 Å². The molecule has 0 fully saturated rings. The van der Waals surface area contributed by atoms with Gasteiger partial charge >= 0.3 is 0 Å². The van der Waals surface area contributed by atoms with Crippen molar-refractivity contribution in [3.8, 4) is 11.1 Å². The van der Waals surface area contributed by atoms with Gasteiger partial charge in [-0.25, -0.2) is 8.78 Å². The van der Waals surface area contributed by atoms with Crippen LogP contribution in [0.1, 0.15) is 6.92 Å². The van der Waals surface area contributed by atoms with Gasteiger partial charge < -0.3 is 4.90 Å². The minimum Gasteiger partial charge on any atom is -0.316 e. The molecule has 0 saturated carbocycles. The average molecular weight is 261 g/mol. The molecular weight excluding hydrogens is 248 g/mol. The van der Waals surface area contributed by atoms with Gasteiger partial charge in [-0.1, -0.05) is 12.1 Å². The van der Waals surface area contributed by atoms with Crippen molar-refractivity contribution in [1.29, 1.82) is 0 Å². The minimum atomic E-state index is -0.485. The van der Waals surface area contributed by atoms with Crippen LogP contribution in [0.4, 0.5) is 14.5 Å². The molecule has 1 amide bonds. The van der Waals surface area contributed by atoms with Gasteiger partial charge in [-0.15, -0.1) is 0 Å². The molecule has 0 bridgehead atoms. The summed E-state index contributed by atoms with van der Waals surface area (Å²) in [6.07, 6.45) is 0. The van der Waals surface area contributed by atoms with Crippen molar-refractivity contribution in [3.63, 3.8) is 0 Å². The van der Waals surface area contributed by atoms with E-state index in [9.17, 15) is 13.6 Å². The van der Waals surface area contributed by atoms with Crippen LogP contribution in [-0.2, 0) is 4.79 Å². The zero-order valence-corrected chi connectivity index (χ0v) is 10.7. The molecule has 0 aromatic heterocycles. The summed E-state index contributed by atoms with van der Waals surface area (Å²) in [5, 5.41) is 0. The zero-order chi connectivity index (χ0) is 14.0. The Morgan fingerprint density at radius 1 is 1.05 bits per heavy atom. The lowest BCUT2D eigenvalue weighted by atomic mass is 10.0. The van der Waals surface area contributed by atoms with Crippen molar-refractivity contribution >= 4 is 11.6 Å². The van der Waals surface area contributed by atoms with Crippen molar-refractivity contribution < 1.29 is 13.6 Å². The van der Waals surface area contributed by atoms with Crippen LogP contribution in [0.2, 0.25) is 0 Å². The van der Waals surface area contributed by atoms with Crippen LogP contribution < -0.4 is 4.90 Å². The predicted octanol–water partition coefficient (Wildman–Crippen LogP) is 3.61. The number of hydrogen-bond acceptors (Lipinski definition) is 1. The summed E-state index contributed by atoms with van der Waals surface area (Å²) in [7, 11) is 1.65. The first-order valence-electron chi connectivity index (χ1n) is 5.79. The third kappa shape index (κ3) is 2.78. The quantitative estimate of drug-likeness (QED) is 0.808. The molecular formula is C15H13F2NO. The zero-order valence-electron chi connectivity index (χ0n) is 10.7. The number of benzene rings is 2. The molecule has 0 radical (unpaired) electrons. The van der Waals surface area contributed by atoms with E-state index >= 15 is 0 Å². The van der Waals surface area contributed by atoms with Gasteiger partial charge in [0.15, 0.2) is 0 Å². The van der Waals surface area contributed by atoms with E-state index in [1.54, 1.807) is 31.3 Å². The maximum Gasteiger partial charge on any atom is 0.223 e. The van der Waals surface area contributed by atoms with Gasteiger partial charge in [0.2, 0.25) is 5.91 Å². The first-order valence-corrected chi connectivity index (χ1v) is 5.79. The highest BCUT2D eigenvalue weighted by Gasteiger charge is 2.09. The summed E-state index contributed by atoms with van der Waals surface area (Å²) >= 11 is 0. The summed E-state index contributed by atoms with van der Waals surface area (Å²) < 4.78 is 26.7. The number of carbonyl (C=O) groups is 1. The third-order valence-corrected chi connectivity index (χ3v) is 2.97. The van der Waals surface area contributed by atoms with Crippen LogP contribution in [0.25, 0.3) is 11.1 Å². The molecule has 0 aliphatic heterocycles. The van der Waals surface area contributed by atoms with Crippen molar-refractivity contribution in [3.05, 3.63) is 54.1 Å². The number of anilines is 1. The topological polar surface area (TPSA) is 20.3 Å². The van der Waals surface area contributed by atoms with E-state index < -0.39 is 11.6 Å². The number of amides is 1. The molecule has 4 heteroatoms. The monoisotopic (exact) mass is 261 g/mol. The van der Waals surface area contributed by atoms with E-state index in [0.717, 1.165) is 18.2 Å². The lowest BCUT2D eigenvalue weighted by Crippen LogP contribution is -2.22. The fraction of sp³-hybridized carbons (Fsp3) is 0.133. The molecule has 0 aliphatic rings. The van der Waals surface area contributed by atoms with Crippen LogP contribution in [-0.4, -0.2) is 13.0 Å². The van der Waals surface area contributed by atoms with Crippen LogP contribution in [0.3, 0.4) is 0 Å². The standard InChI is InChI=1S/C15H13F2NO/c1-10(19)18(2)13-6-3-11(4-7-13)14-9-12(16)5-8-15(14)17/h3-9H,1-2H3. The Morgan fingerprint density at radius 2 is 1.68 bits per heavy atom. The van der Waals surface area contributed by atoms with Crippen molar-refractivity contribution in [2.24, 2.45) is 0 Å². The molecule has 2 nitrogen and oxygen atoms in total. The van der Waals surface area contributed by atoms with E-state index in [1.165, 1.54) is 11.8 Å². The van der Waals surface area contributed by atoms with E-state index in [2.05, 4.69) is 0 Å². The van der Waals surface area contributed by atoms with Crippen molar-refractivity contribution in [1.82, 2.24) is 0 Å². The summed E-state index contributed by atoms with van der Waals surface area (Å²) in [5.74, 6) is -1.06. The number of carbonyl (C=O) groups excluding carboxylic acids is 1. The van der Waals surface area contributed by atoms with Gasteiger partial charge in [-0.05, 0) is 35.9 Å². The molecule has 2 rings (SSSR count). The first-order chi connectivity index (χ1) is 8.99. The molecule has 0 atom stereocenters. The molecule has 2 aromatic carbocycles. The number of halogens is 2. The van der Waals surface area contributed by atoms with Crippen molar-refractivity contribution in [2.75, 3.05) is 11.9 Å². The Labute approximate surface area is 110 Å². The van der Waals surface area contributed by atoms with Gasteiger partial charge in [0.05, 0.1) is 0 Å². The predicted molar refractivity (Wildman–Crippen MR) is 70.9 cm³/mol. The molecule has 0 unspecified atom stereocenters. The van der Waals surface area contributed by atoms with E-state index in [4.69, 9.17) is 0 Å². The summed E-state index contributed by atoms with van der Waals surface area (Å²) in [6.45, 7) is 1.46. The summed E-state index contributed by atoms with van der Waals surface area (Å²) in [6, 6.07) is 10.0. The summed E-state index contributed by atoms with van der Waals surface area (Å²) in [4.78, 5) is 12.7. The molecule has 98 valence electrons. The van der Waals surface area contributed by atoms with E-state index in [0.29, 0.717) is 11.3 Å². The van der Waals surface area contributed by atoms with Gasteiger partial charge in [0.25, 0.3) is 0 Å². The second kappa shape index (κ2) is 5.18. The Morgan fingerprint density at radius 3 is 2.26 bits per heavy atom. The van der Waals surface area contributed by atoms with Crippen LogP contribution in [0.5, 0.6) is 0 Å². The fourth-order valence-electron chi connectivity index (χ4n) is 1.77. The van der Waals surface area contributed by atoms with E-state index in [-0.39, 0.29) is 11.5 Å². The maximum absolute atomic E-state index is 13.6. The fourth-order valence-corrected chi connectivity index (χ4v) is 1.77. The van der Waals surface area contributed by atoms with Crippen LogP contribution in [0.15, 0.2) is 42.5 Å². The first kappa shape index (κ1) is 13.2. The second-order valence-corrected chi connectivity index (χ2v) is 4.25. The lowest BCUT2D eigenvalue weighted by Gasteiger charge is -2.15. The maximum atomic E-state index is 13.6. The molecule has 2 aromatic rings. The van der Waals surface area contributed by atoms with Crippen molar-refractivity contribution in [2.45, 2.75) is 6.92 Å². The van der Waals surface area contributed by atoms with Gasteiger partial charge in [-0.2, -0.15) is 0 Å². The minimum absolute atomic E-state index is 0.0929. The normalized spacial score (nSPS) is 10.3. The highest BCUT2D eigenvalue weighted by atomic mass is 19.1. The summed E-state index contributed by atoms with van der Waals surface area (Å²) in [5.41, 5.74) is 1.47. The third-order valence-electron chi connectivity index (χ3n) is 2.97. The highest BCUT2D eigenvalue weighted by molar-refractivity contribution is 5.91.